The number of thiazole rings is 1. The molecule has 2 heterocycles. The average Bonchev–Trinajstić information content (AvgIpc) is 3.08. The van der Waals surface area contributed by atoms with Gasteiger partial charge in [0.25, 0.3) is 10.0 Å². The minimum Gasteiger partial charge on any atom is -0.497 e. The third kappa shape index (κ3) is 5.06. The first-order chi connectivity index (χ1) is 14.6. The summed E-state index contributed by atoms with van der Waals surface area (Å²) in [4.78, 5) is 20.3. The van der Waals surface area contributed by atoms with Gasteiger partial charge in [0.05, 0.1) is 30.5 Å². The summed E-state index contributed by atoms with van der Waals surface area (Å²) in [5.41, 5.74) is 1.32. The van der Waals surface area contributed by atoms with Gasteiger partial charge in [-0.1, -0.05) is 22.9 Å². The van der Waals surface area contributed by atoms with E-state index in [1.54, 1.807) is 19.1 Å². The molecule has 0 spiro atoms. The number of carbonyl (C=O) groups excluding carboxylic acids is 1. The Morgan fingerprint density at radius 2 is 1.94 bits per heavy atom. The summed E-state index contributed by atoms with van der Waals surface area (Å²) in [5, 5.41) is 3.03. The van der Waals surface area contributed by atoms with E-state index in [0.29, 0.717) is 27.0 Å². The smallest absolute Gasteiger partial charge is 0.265 e. The van der Waals surface area contributed by atoms with Gasteiger partial charge in [-0.05, 0) is 25.1 Å². The third-order valence-corrected chi connectivity index (χ3v) is 6.90. The van der Waals surface area contributed by atoms with E-state index in [-0.39, 0.29) is 27.4 Å². The van der Waals surface area contributed by atoms with Gasteiger partial charge in [-0.3, -0.25) is 9.52 Å². The van der Waals surface area contributed by atoms with Gasteiger partial charge in [0, 0.05) is 24.8 Å². The molecule has 0 aliphatic carbocycles. The zero-order valence-corrected chi connectivity index (χ0v) is 19.4. The lowest BCUT2D eigenvalue weighted by molar-refractivity contribution is -0.114. The fourth-order valence-electron chi connectivity index (χ4n) is 2.71. The van der Waals surface area contributed by atoms with Crippen LogP contribution in [0.25, 0.3) is 10.4 Å². The minimum atomic E-state index is -4.08. The minimum absolute atomic E-state index is 0.0292. The monoisotopic (exact) mass is 482 g/mol. The van der Waals surface area contributed by atoms with Crippen LogP contribution in [0.15, 0.2) is 35.4 Å². The molecule has 164 valence electrons. The molecule has 9 nitrogen and oxygen atoms in total. The number of nitrogens with one attached hydrogen (secondary N) is 2. The van der Waals surface area contributed by atoms with Crippen LogP contribution >= 0.6 is 22.9 Å². The molecule has 0 aliphatic rings. The van der Waals surface area contributed by atoms with E-state index in [1.165, 1.54) is 50.8 Å². The standard InChI is InChI=1S/C19H19ClN4O5S2/c1-10-17(30-19(22-10)23-11(2)25)12-7-14(18(20)21-9-12)24-31(26,27)16-8-13(28-3)5-6-15(16)29-4/h5-9,24H,1-4H3,(H,22,23,25). The molecule has 12 heteroatoms. The van der Waals surface area contributed by atoms with Crippen molar-refractivity contribution in [3.8, 4) is 21.9 Å². The lowest BCUT2D eigenvalue weighted by Crippen LogP contribution is -2.15. The molecule has 1 amide bonds. The first-order valence-electron chi connectivity index (χ1n) is 8.80. The number of sulfonamides is 1. The Labute approximate surface area is 188 Å². The number of hydrogen-bond donors (Lipinski definition) is 2. The second-order valence-electron chi connectivity index (χ2n) is 6.30. The topological polar surface area (TPSA) is 120 Å². The number of benzene rings is 1. The highest BCUT2D eigenvalue weighted by Crippen LogP contribution is 2.36. The number of aromatic nitrogens is 2. The van der Waals surface area contributed by atoms with Gasteiger partial charge in [-0.15, -0.1) is 0 Å². The molecule has 2 N–H and O–H groups in total. The van der Waals surface area contributed by atoms with Crippen LogP contribution in [-0.2, 0) is 14.8 Å². The number of pyridine rings is 1. The van der Waals surface area contributed by atoms with Crippen molar-refractivity contribution in [3.05, 3.63) is 41.3 Å². The number of methoxy groups -OCH3 is 2. The number of rotatable bonds is 7. The molecule has 2 aromatic heterocycles. The molecule has 0 unspecified atom stereocenters. The average molecular weight is 483 g/mol. The predicted octanol–water partition coefficient (Wildman–Crippen LogP) is 3.94. The maximum absolute atomic E-state index is 13.1. The van der Waals surface area contributed by atoms with Gasteiger partial charge in [-0.2, -0.15) is 0 Å². The number of ether oxygens (including phenoxy) is 2. The molecule has 3 rings (SSSR count). The molecular formula is C19H19ClN4O5S2. The molecule has 3 aromatic rings. The number of carbonyl (C=O) groups is 1. The Kier molecular flexibility index (Phi) is 6.68. The van der Waals surface area contributed by atoms with E-state index >= 15 is 0 Å². The summed E-state index contributed by atoms with van der Waals surface area (Å²) in [6.07, 6.45) is 1.50. The van der Waals surface area contributed by atoms with Crippen LogP contribution in [0.3, 0.4) is 0 Å². The predicted molar refractivity (Wildman–Crippen MR) is 120 cm³/mol. The van der Waals surface area contributed by atoms with Gasteiger partial charge in [0.1, 0.15) is 16.4 Å². The van der Waals surface area contributed by atoms with E-state index in [1.807, 2.05) is 0 Å². The van der Waals surface area contributed by atoms with Gasteiger partial charge >= 0.3 is 0 Å². The molecule has 0 aliphatic heterocycles. The largest absolute Gasteiger partial charge is 0.497 e. The molecule has 0 bridgehead atoms. The lowest BCUT2D eigenvalue weighted by atomic mass is 10.2. The van der Waals surface area contributed by atoms with Gasteiger partial charge in [-0.25, -0.2) is 18.4 Å². The Balaban J connectivity index is 2.00. The second-order valence-corrected chi connectivity index (χ2v) is 9.31. The van der Waals surface area contributed by atoms with Crippen LogP contribution in [0.4, 0.5) is 10.8 Å². The van der Waals surface area contributed by atoms with Crippen LogP contribution < -0.4 is 19.5 Å². The van der Waals surface area contributed by atoms with Crippen molar-refractivity contribution < 1.29 is 22.7 Å². The number of anilines is 2. The van der Waals surface area contributed by atoms with E-state index < -0.39 is 10.0 Å². The van der Waals surface area contributed by atoms with Gasteiger partial charge in [0.15, 0.2) is 10.3 Å². The van der Waals surface area contributed by atoms with Crippen molar-refractivity contribution in [1.82, 2.24) is 9.97 Å². The van der Waals surface area contributed by atoms with E-state index in [9.17, 15) is 13.2 Å². The first kappa shape index (κ1) is 22.8. The molecule has 0 atom stereocenters. The summed E-state index contributed by atoms with van der Waals surface area (Å²) < 4.78 is 38.9. The Bertz CT molecular complexity index is 1240. The van der Waals surface area contributed by atoms with E-state index in [4.69, 9.17) is 21.1 Å². The quantitative estimate of drug-likeness (QED) is 0.489. The SMILES string of the molecule is COc1ccc(OC)c(S(=O)(=O)Nc2cc(-c3sc(NC(C)=O)nc3C)cnc2Cl)c1. The van der Waals surface area contributed by atoms with Crippen molar-refractivity contribution in [2.24, 2.45) is 0 Å². The number of nitrogens with zero attached hydrogens (tertiary/aromatic N) is 2. The van der Waals surface area contributed by atoms with Gasteiger partial charge in [0.2, 0.25) is 5.91 Å². The van der Waals surface area contributed by atoms with Crippen LogP contribution in [-0.4, -0.2) is 38.5 Å². The summed E-state index contributed by atoms with van der Waals surface area (Å²) in [6, 6.07) is 5.98. The van der Waals surface area contributed by atoms with Crippen molar-refractivity contribution in [2.45, 2.75) is 18.7 Å². The summed E-state index contributed by atoms with van der Waals surface area (Å²) in [6.45, 7) is 3.16. The molecular weight excluding hydrogens is 464 g/mol. The fourth-order valence-corrected chi connectivity index (χ4v) is 5.15. The van der Waals surface area contributed by atoms with Crippen LogP contribution in [0, 0.1) is 6.92 Å². The second kappa shape index (κ2) is 9.08. The highest BCUT2D eigenvalue weighted by molar-refractivity contribution is 7.92. The molecule has 1 aromatic carbocycles. The van der Waals surface area contributed by atoms with Gasteiger partial charge < -0.3 is 14.8 Å². The Morgan fingerprint density at radius 3 is 2.58 bits per heavy atom. The van der Waals surface area contributed by atoms with Crippen LogP contribution in [0.2, 0.25) is 5.15 Å². The molecule has 0 fully saturated rings. The fraction of sp³-hybridized carbons (Fsp3) is 0.211. The highest BCUT2D eigenvalue weighted by atomic mass is 35.5. The normalized spacial score (nSPS) is 11.1. The maximum atomic E-state index is 13.1. The Hall–Kier alpha value is -2.89. The number of aryl methyl sites for hydroxylation is 1. The summed E-state index contributed by atoms with van der Waals surface area (Å²) >= 11 is 7.40. The summed E-state index contributed by atoms with van der Waals surface area (Å²) in [7, 11) is -1.28. The zero-order valence-electron chi connectivity index (χ0n) is 17.0. The molecule has 31 heavy (non-hydrogen) atoms. The molecule has 0 saturated carbocycles. The number of halogens is 1. The zero-order chi connectivity index (χ0) is 22.8. The van der Waals surface area contributed by atoms with Crippen molar-refractivity contribution in [1.29, 1.82) is 0 Å². The van der Waals surface area contributed by atoms with E-state index in [2.05, 4.69) is 20.0 Å². The van der Waals surface area contributed by atoms with Crippen molar-refractivity contribution in [3.63, 3.8) is 0 Å². The first-order valence-corrected chi connectivity index (χ1v) is 11.5. The molecule has 0 saturated heterocycles. The summed E-state index contributed by atoms with van der Waals surface area (Å²) in [5.74, 6) is 0.256. The third-order valence-electron chi connectivity index (χ3n) is 4.09. The highest BCUT2D eigenvalue weighted by Gasteiger charge is 2.23. The van der Waals surface area contributed by atoms with Crippen LogP contribution in [0.1, 0.15) is 12.6 Å². The van der Waals surface area contributed by atoms with Crippen LogP contribution in [0.5, 0.6) is 11.5 Å². The van der Waals surface area contributed by atoms with Crippen molar-refractivity contribution >= 4 is 49.7 Å². The molecule has 0 radical (unpaired) electrons. The lowest BCUT2D eigenvalue weighted by Gasteiger charge is -2.14. The van der Waals surface area contributed by atoms with E-state index in [0.717, 1.165) is 0 Å². The van der Waals surface area contributed by atoms with Crippen molar-refractivity contribution in [2.75, 3.05) is 24.3 Å². The number of amides is 1. The maximum Gasteiger partial charge on any atom is 0.265 e. The number of hydrogen-bond acceptors (Lipinski definition) is 8. The Morgan fingerprint density at radius 1 is 1.19 bits per heavy atom.